The van der Waals surface area contributed by atoms with E-state index in [9.17, 15) is 9.59 Å². The maximum Gasteiger partial charge on any atom is 0.309 e. The smallest absolute Gasteiger partial charge is 0.309 e. The number of Topliss-reactive ketones (excluding diaryl/α,β-unsaturated/α-hetero) is 1. The van der Waals surface area contributed by atoms with Crippen LogP contribution in [0.15, 0.2) is 0 Å². The Morgan fingerprint density at radius 2 is 2.18 bits per heavy atom. The van der Waals surface area contributed by atoms with Gasteiger partial charge in [0.2, 0.25) is 0 Å². The first kappa shape index (κ1) is 6.79. The Morgan fingerprint density at radius 1 is 1.36 bits per heavy atom. The molecule has 2 aliphatic heterocycles. The summed E-state index contributed by atoms with van der Waals surface area (Å²) in [5, 5.41) is 0. The van der Waals surface area contributed by atoms with Gasteiger partial charge in [0, 0.05) is 6.42 Å². The topological polar surface area (TPSA) is 52.6 Å². The lowest BCUT2D eigenvalue weighted by Crippen LogP contribution is -2.36. The maximum absolute atomic E-state index is 11.2. The van der Waals surface area contributed by atoms with Crippen molar-refractivity contribution in [2.24, 2.45) is 0 Å². The predicted octanol–water partition coefficient (Wildman–Crippen LogP) is -0.339. The van der Waals surface area contributed by atoms with E-state index in [1.165, 1.54) is 0 Å². The highest BCUT2D eigenvalue weighted by molar-refractivity contribution is 5.94. The van der Waals surface area contributed by atoms with Crippen LogP contribution in [0.2, 0.25) is 0 Å². The summed E-state index contributed by atoms with van der Waals surface area (Å²) in [5.41, 5.74) is -0.892. The zero-order chi connectivity index (χ0) is 7.90. The summed E-state index contributed by atoms with van der Waals surface area (Å²) in [6.07, 6.45) is 0.516. The summed E-state index contributed by atoms with van der Waals surface area (Å²) in [5.74, 6) is -0.330. The number of ether oxygens (including phenoxy) is 2. The summed E-state index contributed by atoms with van der Waals surface area (Å²) in [7, 11) is 0. The van der Waals surface area contributed by atoms with Gasteiger partial charge in [0.05, 0.1) is 13.0 Å². The van der Waals surface area contributed by atoms with Crippen molar-refractivity contribution in [3.63, 3.8) is 0 Å². The van der Waals surface area contributed by atoms with E-state index in [-0.39, 0.29) is 24.8 Å². The van der Waals surface area contributed by atoms with Crippen LogP contribution in [0.3, 0.4) is 0 Å². The number of esters is 1. The number of hydrogen-bond acceptors (Lipinski definition) is 4. The van der Waals surface area contributed by atoms with Crippen LogP contribution in [0.25, 0.3) is 0 Å². The van der Waals surface area contributed by atoms with E-state index in [0.29, 0.717) is 13.0 Å². The molecule has 0 aliphatic carbocycles. The Kier molecular flexibility index (Phi) is 1.26. The van der Waals surface area contributed by atoms with Gasteiger partial charge in [-0.05, 0) is 0 Å². The van der Waals surface area contributed by atoms with E-state index in [0.717, 1.165) is 0 Å². The van der Waals surface area contributed by atoms with Crippen molar-refractivity contribution in [3.05, 3.63) is 0 Å². The minimum absolute atomic E-state index is 0.00310. The molecular formula is C7H8O4. The molecule has 0 aromatic rings. The first-order valence-electron chi connectivity index (χ1n) is 3.56. The van der Waals surface area contributed by atoms with Crippen molar-refractivity contribution in [1.29, 1.82) is 0 Å². The molecule has 1 spiro atoms. The van der Waals surface area contributed by atoms with Crippen molar-refractivity contribution in [1.82, 2.24) is 0 Å². The second-order valence-electron chi connectivity index (χ2n) is 2.85. The zero-order valence-corrected chi connectivity index (χ0v) is 5.96. The van der Waals surface area contributed by atoms with Gasteiger partial charge in [0.25, 0.3) is 0 Å². The summed E-state index contributed by atoms with van der Waals surface area (Å²) in [6.45, 7) is 0.542. The summed E-state index contributed by atoms with van der Waals surface area (Å²) in [4.78, 5) is 21.9. The van der Waals surface area contributed by atoms with Crippen LogP contribution in [-0.2, 0) is 19.1 Å². The average Bonchev–Trinajstić information content (AvgIpc) is 2.46. The molecule has 0 bridgehead atoms. The molecule has 1 atom stereocenters. The number of rotatable bonds is 0. The van der Waals surface area contributed by atoms with E-state index in [4.69, 9.17) is 4.74 Å². The Morgan fingerprint density at radius 3 is 2.64 bits per heavy atom. The molecule has 2 rings (SSSR count). The van der Waals surface area contributed by atoms with Crippen molar-refractivity contribution in [2.45, 2.75) is 18.4 Å². The van der Waals surface area contributed by atoms with Crippen LogP contribution in [0.5, 0.6) is 0 Å². The van der Waals surface area contributed by atoms with Crippen molar-refractivity contribution in [3.8, 4) is 0 Å². The van der Waals surface area contributed by atoms with Crippen LogP contribution in [0.4, 0.5) is 0 Å². The third-order valence-electron chi connectivity index (χ3n) is 2.11. The molecule has 4 nitrogen and oxygen atoms in total. The number of carbonyl (C=O) groups is 2. The highest BCUT2D eigenvalue weighted by Crippen LogP contribution is 2.30. The molecule has 2 aliphatic rings. The fraction of sp³-hybridized carbons (Fsp3) is 0.714. The maximum atomic E-state index is 11.2. The van der Waals surface area contributed by atoms with Gasteiger partial charge in [-0.1, -0.05) is 0 Å². The molecule has 0 N–H and O–H groups in total. The van der Waals surface area contributed by atoms with Gasteiger partial charge in [-0.2, -0.15) is 0 Å². The Hall–Kier alpha value is -0.900. The molecule has 60 valence electrons. The Bertz CT molecular complexity index is 222. The first-order chi connectivity index (χ1) is 5.23. The van der Waals surface area contributed by atoms with E-state index in [1.54, 1.807) is 0 Å². The molecular weight excluding hydrogens is 148 g/mol. The number of carbonyl (C=O) groups excluding carboxylic acids is 2. The quantitative estimate of drug-likeness (QED) is 0.450. The van der Waals surface area contributed by atoms with Gasteiger partial charge in [-0.3, -0.25) is 9.59 Å². The minimum atomic E-state index is -0.892. The van der Waals surface area contributed by atoms with Crippen molar-refractivity contribution < 1.29 is 19.1 Å². The van der Waals surface area contributed by atoms with Gasteiger partial charge in [-0.15, -0.1) is 0 Å². The standard InChI is InChI=1S/C7H8O4/c8-5-1-2-11-7(5)3-6(9)10-4-7/h1-4H2. The third-order valence-corrected chi connectivity index (χ3v) is 2.11. The van der Waals surface area contributed by atoms with Crippen LogP contribution < -0.4 is 0 Å². The largest absolute Gasteiger partial charge is 0.462 e. The molecule has 0 saturated carbocycles. The second-order valence-corrected chi connectivity index (χ2v) is 2.85. The van der Waals surface area contributed by atoms with Crippen molar-refractivity contribution in [2.75, 3.05) is 13.2 Å². The average molecular weight is 156 g/mol. The summed E-state index contributed by atoms with van der Waals surface area (Å²) >= 11 is 0. The van der Waals surface area contributed by atoms with Crippen LogP contribution in [0, 0.1) is 0 Å². The predicted molar refractivity (Wildman–Crippen MR) is 33.9 cm³/mol. The SMILES string of the molecule is O=C1CC2(CO1)OCCC2=O. The number of hydrogen-bond donors (Lipinski definition) is 0. The lowest BCUT2D eigenvalue weighted by atomic mass is 9.98. The van der Waals surface area contributed by atoms with Crippen LogP contribution in [0.1, 0.15) is 12.8 Å². The number of ketones is 1. The first-order valence-corrected chi connectivity index (χ1v) is 3.56. The lowest BCUT2D eigenvalue weighted by molar-refractivity contribution is -0.137. The Balaban J connectivity index is 2.22. The zero-order valence-electron chi connectivity index (χ0n) is 5.96. The lowest BCUT2D eigenvalue weighted by Gasteiger charge is -2.14. The van der Waals surface area contributed by atoms with E-state index < -0.39 is 5.60 Å². The molecule has 0 aromatic heterocycles. The summed E-state index contributed by atoms with van der Waals surface area (Å²) < 4.78 is 9.86. The van der Waals surface area contributed by atoms with Gasteiger partial charge >= 0.3 is 5.97 Å². The fourth-order valence-corrected chi connectivity index (χ4v) is 1.45. The molecule has 0 radical (unpaired) electrons. The normalized spacial score (nSPS) is 36.7. The second kappa shape index (κ2) is 2.04. The minimum Gasteiger partial charge on any atom is -0.462 e. The summed E-state index contributed by atoms with van der Waals surface area (Å²) in [6, 6.07) is 0. The van der Waals surface area contributed by atoms with Gasteiger partial charge in [0.1, 0.15) is 6.61 Å². The molecule has 0 aromatic carbocycles. The van der Waals surface area contributed by atoms with Crippen molar-refractivity contribution >= 4 is 11.8 Å². The van der Waals surface area contributed by atoms with Crippen LogP contribution >= 0.6 is 0 Å². The van der Waals surface area contributed by atoms with E-state index in [2.05, 4.69) is 4.74 Å². The highest BCUT2D eigenvalue weighted by Gasteiger charge is 2.50. The van der Waals surface area contributed by atoms with Gasteiger partial charge in [-0.25, -0.2) is 0 Å². The Labute approximate surface area is 63.5 Å². The molecule has 0 amide bonds. The fourth-order valence-electron chi connectivity index (χ4n) is 1.45. The molecule has 2 fully saturated rings. The van der Waals surface area contributed by atoms with Gasteiger partial charge in [0.15, 0.2) is 11.4 Å². The van der Waals surface area contributed by atoms with Gasteiger partial charge < -0.3 is 9.47 Å². The number of cyclic esters (lactones) is 1. The molecule has 2 saturated heterocycles. The monoisotopic (exact) mass is 156 g/mol. The van der Waals surface area contributed by atoms with E-state index >= 15 is 0 Å². The molecule has 2 heterocycles. The molecule has 4 heteroatoms. The van der Waals surface area contributed by atoms with Crippen LogP contribution in [-0.4, -0.2) is 30.6 Å². The third kappa shape index (κ3) is 0.860. The molecule has 11 heavy (non-hydrogen) atoms. The highest BCUT2D eigenvalue weighted by atomic mass is 16.6. The molecule has 1 unspecified atom stereocenters. The van der Waals surface area contributed by atoms with E-state index in [1.807, 2.05) is 0 Å².